The molecule has 2 aromatic rings. The number of halogens is 4. The minimum absolute atomic E-state index is 0.114. The number of nitrogens with zero attached hydrogens (tertiary/aromatic N) is 1. The zero-order valence-corrected chi connectivity index (χ0v) is 13.8. The summed E-state index contributed by atoms with van der Waals surface area (Å²) in [6.07, 6.45) is -3.98. The van der Waals surface area contributed by atoms with E-state index >= 15 is 0 Å². The fourth-order valence-corrected chi connectivity index (χ4v) is 2.05. The predicted octanol–water partition coefficient (Wildman–Crippen LogP) is 5.64. The largest absolute Gasteiger partial charge is 0.513 e. The van der Waals surface area contributed by atoms with Crippen LogP contribution in [-0.4, -0.2) is 19.0 Å². The first-order chi connectivity index (χ1) is 11.8. The van der Waals surface area contributed by atoms with Gasteiger partial charge in [0.2, 0.25) is 0 Å². The lowest BCUT2D eigenvalue weighted by Gasteiger charge is -2.09. The molecule has 0 saturated heterocycles. The van der Waals surface area contributed by atoms with Crippen molar-refractivity contribution in [3.05, 3.63) is 58.6 Å². The molecule has 0 aliphatic carbocycles. The Morgan fingerprint density at radius 2 is 1.88 bits per heavy atom. The first kappa shape index (κ1) is 18.8. The van der Waals surface area contributed by atoms with E-state index in [0.29, 0.717) is 5.56 Å². The van der Waals surface area contributed by atoms with Crippen molar-refractivity contribution in [1.82, 2.24) is 0 Å². The standard InChI is InChI=1S/C17H13ClF3NO3/c1-2-24-16(23)25-13-6-3-11(4-7-13)10-22-12-5-8-15(18)14(9-12)17(19,20)21/h3-10H,2H2,1H3. The van der Waals surface area contributed by atoms with Gasteiger partial charge in [0, 0.05) is 6.21 Å². The Kier molecular flexibility index (Phi) is 6.03. The van der Waals surface area contributed by atoms with E-state index in [4.69, 9.17) is 16.3 Å². The second-order valence-electron chi connectivity index (χ2n) is 4.77. The van der Waals surface area contributed by atoms with Crippen LogP contribution in [-0.2, 0) is 10.9 Å². The lowest BCUT2D eigenvalue weighted by Crippen LogP contribution is -2.09. The van der Waals surface area contributed by atoms with Crippen molar-refractivity contribution in [3.8, 4) is 5.75 Å². The molecule has 0 unspecified atom stereocenters. The van der Waals surface area contributed by atoms with Crippen molar-refractivity contribution < 1.29 is 27.4 Å². The van der Waals surface area contributed by atoms with Crippen LogP contribution in [0.25, 0.3) is 0 Å². The zero-order chi connectivity index (χ0) is 18.4. The molecule has 2 aromatic carbocycles. The minimum Gasteiger partial charge on any atom is -0.434 e. The summed E-state index contributed by atoms with van der Waals surface area (Å²) in [5.41, 5.74) is -0.217. The van der Waals surface area contributed by atoms with Gasteiger partial charge in [0.25, 0.3) is 0 Å². The highest BCUT2D eigenvalue weighted by atomic mass is 35.5. The van der Waals surface area contributed by atoms with Crippen molar-refractivity contribution in [2.45, 2.75) is 13.1 Å². The van der Waals surface area contributed by atoms with E-state index in [0.717, 1.165) is 12.1 Å². The average Bonchev–Trinajstić information content (AvgIpc) is 2.54. The van der Waals surface area contributed by atoms with Crippen LogP contribution in [0, 0.1) is 0 Å². The molecule has 2 rings (SSSR count). The highest BCUT2D eigenvalue weighted by Crippen LogP contribution is 2.36. The van der Waals surface area contributed by atoms with E-state index in [9.17, 15) is 18.0 Å². The van der Waals surface area contributed by atoms with Gasteiger partial charge in [-0.1, -0.05) is 11.6 Å². The number of carbonyl (C=O) groups is 1. The maximum Gasteiger partial charge on any atom is 0.513 e. The smallest absolute Gasteiger partial charge is 0.434 e. The van der Waals surface area contributed by atoms with Crippen LogP contribution in [0.2, 0.25) is 5.02 Å². The summed E-state index contributed by atoms with van der Waals surface area (Å²) in [5.74, 6) is 0.279. The predicted molar refractivity (Wildman–Crippen MR) is 87.8 cm³/mol. The van der Waals surface area contributed by atoms with Crippen LogP contribution in [0.15, 0.2) is 47.5 Å². The van der Waals surface area contributed by atoms with E-state index in [-0.39, 0.29) is 23.1 Å². The molecule has 4 nitrogen and oxygen atoms in total. The van der Waals surface area contributed by atoms with E-state index in [1.54, 1.807) is 19.1 Å². The lowest BCUT2D eigenvalue weighted by molar-refractivity contribution is -0.137. The molecular weight excluding hydrogens is 359 g/mol. The maximum absolute atomic E-state index is 12.8. The maximum atomic E-state index is 12.8. The van der Waals surface area contributed by atoms with Gasteiger partial charge in [0.15, 0.2) is 0 Å². The van der Waals surface area contributed by atoms with Gasteiger partial charge in [-0.15, -0.1) is 0 Å². The first-order valence-electron chi connectivity index (χ1n) is 7.15. The summed E-state index contributed by atoms with van der Waals surface area (Å²) in [5, 5.41) is -0.382. The summed E-state index contributed by atoms with van der Waals surface area (Å²) < 4.78 is 48.0. The molecule has 0 N–H and O–H groups in total. The number of rotatable bonds is 4. The quantitative estimate of drug-likeness (QED) is 0.396. The van der Waals surface area contributed by atoms with E-state index < -0.39 is 17.9 Å². The van der Waals surface area contributed by atoms with Crippen LogP contribution in [0.4, 0.5) is 23.7 Å². The summed E-state index contributed by atoms with van der Waals surface area (Å²) in [6.45, 7) is 1.85. The molecule has 0 aliphatic rings. The van der Waals surface area contributed by atoms with Gasteiger partial charge in [-0.2, -0.15) is 13.2 Å². The third kappa shape index (κ3) is 5.49. The second-order valence-corrected chi connectivity index (χ2v) is 5.18. The van der Waals surface area contributed by atoms with Crippen LogP contribution < -0.4 is 4.74 Å². The summed E-state index contributed by atoms with van der Waals surface area (Å²) >= 11 is 5.56. The summed E-state index contributed by atoms with van der Waals surface area (Å²) in [7, 11) is 0. The van der Waals surface area contributed by atoms with Crippen LogP contribution in [0.3, 0.4) is 0 Å². The van der Waals surface area contributed by atoms with Gasteiger partial charge in [-0.3, -0.25) is 4.99 Å². The third-order valence-corrected chi connectivity index (χ3v) is 3.29. The number of carbonyl (C=O) groups excluding carboxylic acids is 1. The Labute approximate surface area is 146 Å². The van der Waals surface area contributed by atoms with Crippen molar-refractivity contribution in [2.75, 3.05) is 6.61 Å². The molecule has 0 aliphatic heterocycles. The lowest BCUT2D eigenvalue weighted by atomic mass is 10.2. The highest BCUT2D eigenvalue weighted by Gasteiger charge is 2.33. The number of aliphatic imine (C=N–C) groups is 1. The van der Waals surface area contributed by atoms with Gasteiger partial charge < -0.3 is 9.47 Å². The molecular formula is C17H13ClF3NO3. The first-order valence-corrected chi connectivity index (χ1v) is 7.53. The number of alkyl halides is 3. The Balaban J connectivity index is 2.11. The van der Waals surface area contributed by atoms with Gasteiger partial charge in [-0.05, 0) is 55.0 Å². The van der Waals surface area contributed by atoms with Gasteiger partial charge >= 0.3 is 12.3 Å². The van der Waals surface area contributed by atoms with E-state index in [2.05, 4.69) is 9.73 Å². The zero-order valence-electron chi connectivity index (χ0n) is 13.0. The van der Waals surface area contributed by atoms with Gasteiger partial charge in [0.05, 0.1) is 22.9 Å². The average molecular weight is 372 g/mol. The SMILES string of the molecule is CCOC(=O)Oc1ccc(C=Nc2ccc(Cl)c(C(F)(F)F)c2)cc1. The molecule has 0 radical (unpaired) electrons. The van der Waals surface area contributed by atoms with Crippen LogP contribution in [0.1, 0.15) is 18.1 Å². The topological polar surface area (TPSA) is 47.9 Å². The molecule has 0 atom stereocenters. The molecule has 0 bridgehead atoms. The Bertz CT molecular complexity index is 774. The van der Waals surface area contributed by atoms with Gasteiger partial charge in [-0.25, -0.2) is 4.79 Å². The van der Waals surface area contributed by atoms with Crippen molar-refractivity contribution in [1.29, 1.82) is 0 Å². The molecule has 25 heavy (non-hydrogen) atoms. The van der Waals surface area contributed by atoms with Crippen molar-refractivity contribution in [3.63, 3.8) is 0 Å². The molecule has 0 aromatic heterocycles. The summed E-state index contributed by atoms with van der Waals surface area (Å²) in [4.78, 5) is 15.2. The van der Waals surface area contributed by atoms with Gasteiger partial charge in [0.1, 0.15) is 5.75 Å². The number of benzene rings is 2. The minimum atomic E-state index is -4.55. The normalized spacial score (nSPS) is 11.6. The Morgan fingerprint density at radius 1 is 1.20 bits per heavy atom. The van der Waals surface area contributed by atoms with Crippen molar-refractivity contribution >= 4 is 29.7 Å². The molecule has 0 amide bonds. The molecule has 0 spiro atoms. The number of hydrogen-bond donors (Lipinski definition) is 0. The third-order valence-electron chi connectivity index (χ3n) is 2.96. The molecule has 0 saturated carbocycles. The van der Waals surface area contributed by atoms with E-state index in [1.165, 1.54) is 24.4 Å². The molecule has 0 heterocycles. The monoisotopic (exact) mass is 371 g/mol. The molecule has 0 fully saturated rings. The molecule has 8 heteroatoms. The fraction of sp³-hybridized carbons (Fsp3) is 0.176. The Hall–Kier alpha value is -2.54. The fourth-order valence-electron chi connectivity index (χ4n) is 1.83. The van der Waals surface area contributed by atoms with Crippen LogP contribution in [0.5, 0.6) is 5.75 Å². The van der Waals surface area contributed by atoms with Crippen molar-refractivity contribution in [2.24, 2.45) is 4.99 Å². The number of ether oxygens (including phenoxy) is 2. The Morgan fingerprint density at radius 3 is 2.48 bits per heavy atom. The number of hydrogen-bond acceptors (Lipinski definition) is 4. The van der Waals surface area contributed by atoms with Crippen LogP contribution >= 0.6 is 11.6 Å². The van der Waals surface area contributed by atoms with E-state index in [1.807, 2.05) is 0 Å². The second kappa shape index (κ2) is 8.02. The molecule has 132 valence electrons. The summed E-state index contributed by atoms with van der Waals surface area (Å²) in [6, 6.07) is 9.62. The highest BCUT2D eigenvalue weighted by molar-refractivity contribution is 6.31.